The van der Waals surface area contributed by atoms with Gasteiger partial charge in [0.2, 0.25) is 10.0 Å². The van der Waals surface area contributed by atoms with E-state index in [4.69, 9.17) is 12.2 Å². The molecule has 0 bridgehead atoms. The summed E-state index contributed by atoms with van der Waals surface area (Å²) in [5.74, 6) is 2.31. The lowest BCUT2D eigenvalue weighted by Crippen LogP contribution is -2.32. The van der Waals surface area contributed by atoms with Crippen LogP contribution in [0.1, 0.15) is 18.1 Å². The van der Waals surface area contributed by atoms with E-state index < -0.39 is 16.1 Å². The third-order valence-corrected chi connectivity index (χ3v) is 4.30. The second-order valence-electron chi connectivity index (χ2n) is 3.94. The van der Waals surface area contributed by atoms with Gasteiger partial charge >= 0.3 is 0 Å². The van der Waals surface area contributed by atoms with E-state index >= 15 is 0 Å². The summed E-state index contributed by atoms with van der Waals surface area (Å²) in [5.41, 5.74) is 7.46. The third-order valence-electron chi connectivity index (χ3n) is 2.56. The fraction of sp³-hybridized carbons (Fsp3) is 0.333. The zero-order chi connectivity index (χ0) is 13.2. The lowest BCUT2D eigenvalue weighted by Gasteiger charge is -2.14. The fourth-order valence-corrected chi connectivity index (χ4v) is 3.09. The average molecular weight is 252 g/mol. The SMILES string of the molecule is C#CC(C)NS(=O)(=O)c1c(N)ccc(C)c1C. The predicted octanol–water partition coefficient (Wildman–Crippen LogP) is 1.19. The predicted molar refractivity (Wildman–Crippen MR) is 68.9 cm³/mol. The highest BCUT2D eigenvalue weighted by atomic mass is 32.2. The molecule has 4 nitrogen and oxygen atoms in total. The van der Waals surface area contributed by atoms with Crippen molar-refractivity contribution < 1.29 is 8.42 Å². The van der Waals surface area contributed by atoms with Crippen LogP contribution in [0.2, 0.25) is 0 Å². The van der Waals surface area contributed by atoms with Crippen LogP contribution in [0.15, 0.2) is 17.0 Å². The van der Waals surface area contributed by atoms with Crippen molar-refractivity contribution in [1.82, 2.24) is 4.72 Å². The van der Waals surface area contributed by atoms with E-state index in [-0.39, 0.29) is 10.6 Å². The Hall–Kier alpha value is -1.51. The van der Waals surface area contributed by atoms with Crippen LogP contribution in [0.4, 0.5) is 5.69 Å². The van der Waals surface area contributed by atoms with Crippen molar-refractivity contribution >= 4 is 15.7 Å². The summed E-state index contributed by atoms with van der Waals surface area (Å²) in [7, 11) is -3.67. The van der Waals surface area contributed by atoms with Gasteiger partial charge in [-0.15, -0.1) is 6.42 Å². The maximum Gasteiger partial charge on any atom is 0.243 e. The van der Waals surface area contributed by atoms with Gasteiger partial charge in [-0.05, 0) is 38.0 Å². The van der Waals surface area contributed by atoms with Crippen LogP contribution in [0.3, 0.4) is 0 Å². The zero-order valence-electron chi connectivity index (χ0n) is 10.1. The molecule has 1 aromatic rings. The topological polar surface area (TPSA) is 72.2 Å². The van der Waals surface area contributed by atoms with Crippen LogP contribution < -0.4 is 10.5 Å². The first-order valence-electron chi connectivity index (χ1n) is 5.13. The molecule has 1 atom stereocenters. The largest absolute Gasteiger partial charge is 0.398 e. The van der Waals surface area contributed by atoms with Crippen LogP contribution in [0.25, 0.3) is 0 Å². The monoisotopic (exact) mass is 252 g/mol. The molecule has 0 amide bonds. The molecule has 17 heavy (non-hydrogen) atoms. The van der Waals surface area contributed by atoms with Crippen LogP contribution in [-0.2, 0) is 10.0 Å². The molecule has 3 N–H and O–H groups in total. The van der Waals surface area contributed by atoms with Crippen molar-refractivity contribution in [2.24, 2.45) is 0 Å². The summed E-state index contributed by atoms with van der Waals surface area (Å²) in [5, 5.41) is 0. The first-order valence-corrected chi connectivity index (χ1v) is 6.62. The first-order chi connectivity index (χ1) is 7.79. The highest BCUT2D eigenvalue weighted by molar-refractivity contribution is 7.89. The number of sulfonamides is 1. The normalized spacial score (nSPS) is 13.1. The quantitative estimate of drug-likeness (QED) is 0.627. The maximum absolute atomic E-state index is 12.1. The number of terminal acetylenes is 1. The Morgan fingerprint density at radius 2 is 2.00 bits per heavy atom. The van der Waals surface area contributed by atoms with Crippen molar-refractivity contribution in [2.75, 3.05) is 5.73 Å². The molecule has 0 aliphatic heterocycles. The van der Waals surface area contributed by atoms with Gasteiger partial charge in [-0.3, -0.25) is 0 Å². The molecular formula is C12H16N2O2S. The van der Waals surface area contributed by atoms with Gasteiger partial charge in [0.25, 0.3) is 0 Å². The minimum Gasteiger partial charge on any atom is -0.398 e. The third kappa shape index (κ3) is 2.78. The number of nitrogens with one attached hydrogen (secondary N) is 1. The summed E-state index contributed by atoms with van der Waals surface area (Å²) >= 11 is 0. The lowest BCUT2D eigenvalue weighted by molar-refractivity contribution is 0.577. The Morgan fingerprint density at radius 3 is 2.53 bits per heavy atom. The Bertz CT molecular complexity index is 571. The number of hydrogen-bond donors (Lipinski definition) is 2. The van der Waals surface area contributed by atoms with Gasteiger partial charge in [-0.1, -0.05) is 12.0 Å². The smallest absolute Gasteiger partial charge is 0.243 e. The average Bonchev–Trinajstić information content (AvgIpc) is 2.23. The van der Waals surface area contributed by atoms with E-state index in [1.165, 1.54) is 0 Å². The second kappa shape index (κ2) is 4.78. The molecule has 1 aromatic carbocycles. The molecule has 1 rings (SSSR count). The number of anilines is 1. The van der Waals surface area contributed by atoms with Gasteiger partial charge in [-0.2, -0.15) is 4.72 Å². The van der Waals surface area contributed by atoms with Crippen LogP contribution >= 0.6 is 0 Å². The van der Waals surface area contributed by atoms with E-state index in [1.54, 1.807) is 26.0 Å². The van der Waals surface area contributed by atoms with E-state index in [9.17, 15) is 8.42 Å². The number of benzene rings is 1. The lowest BCUT2D eigenvalue weighted by atomic mass is 10.1. The Kier molecular flexibility index (Phi) is 3.81. The van der Waals surface area contributed by atoms with Gasteiger partial charge in [0, 0.05) is 0 Å². The highest BCUT2D eigenvalue weighted by Crippen LogP contribution is 2.25. The van der Waals surface area contributed by atoms with E-state index in [0.29, 0.717) is 5.56 Å². The fourth-order valence-electron chi connectivity index (χ4n) is 1.49. The number of hydrogen-bond acceptors (Lipinski definition) is 3. The summed E-state index contributed by atoms with van der Waals surface area (Å²) in [6, 6.07) is 2.80. The van der Waals surface area contributed by atoms with Crippen molar-refractivity contribution in [3.8, 4) is 12.3 Å². The number of nitrogen functional groups attached to an aromatic ring is 1. The Morgan fingerprint density at radius 1 is 1.41 bits per heavy atom. The van der Waals surface area contributed by atoms with Gasteiger partial charge in [0.05, 0.1) is 11.7 Å². The highest BCUT2D eigenvalue weighted by Gasteiger charge is 2.22. The summed E-state index contributed by atoms with van der Waals surface area (Å²) in [6.45, 7) is 5.15. The molecule has 0 radical (unpaired) electrons. The molecule has 0 aliphatic carbocycles. The van der Waals surface area contributed by atoms with Crippen molar-refractivity contribution in [1.29, 1.82) is 0 Å². The zero-order valence-corrected chi connectivity index (χ0v) is 10.9. The molecule has 0 aliphatic rings. The van der Waals surface area contributed by atoms with Crippen LogP contribution in [-0.4, -0.2) is 14.5 Å². The summed E-state index contributed by atoms with van der Waals surface area (Å²) in [6.07, 6.45) is 5.16. The van der Waals surface area contributed by atoms with Gasteiger partial charge in [-0.25, -0.2) is 8.42 Å². The number of nitrogens with two attached hydrogens (primary N) is 1. The standard InChI is InChI=1S/C12H16N2O2S/c1-5-9(3)14-17(15,16)12-10(4)8(2)6-7-11(12)13/h1,6-7,9,14H,13H2,2-4H3. The maximum atomic E-state index is 12.1. The molecule has 0 spiro atoms. The van der Waals surface area contributed by atoms with E-state index in [0.717, 1.165) is 5.56 Å². The van der Waals surface area contributed by atoms with Crippen molar-refractivity contribution in [2.45, 2.75) is 31.7 Å². The Labute approximate surface area is 102 Å². The van der Waals surface area contributed by atoms with E-state index in [2.05, 4.69) is 10.6 Å². The van der Waals surface area contributed by atoms with Crippen molar-refractivity contribution in [3.63, 3.8) is 0 Å². The molecule has 0 saturated heterocycles. The summed E-state index contributed by atoms with van der Waals surface area (Å²) in [4.78, 5) is 0.111. The number of aryl methyl sites for hydroxylation is 1. The van der Waals surface area contributed by atoms with Gasteiger partial charge in [0.15, 0.2) is 0 Å². The molecule has 5 heteroatoms. The molecule has 0 aromatic heterocycles. The number of rotatable bonds is 3. The molecule has 0 saturated carbocycles. The van der Waals surface area contributed by atoms with Crippen LogP contribution in [0, 0.1) is 26.2 Å². The molecule has 0 fully saturated rings. The molecule has 0 heterocycles. The Balaban J connectivity index is 3.35. The minimum atomic E-state index is -3.67. The van der Waals surface area contributed by atoms with Crippen LogP contribution in [0.5, 0.6) is 0 Å². The van der Waals surface area contributed by atoms with E-state index in [1.807, 2.05) is 6.92 Å². The van der Waals surface area contributed by atoms with Gasteiger partial charge in [0.1, 0.15) is 4.90 Å². The van der Waals surface area contributed by atoms with Crippen molar-refractivity contribution in [3.05, 3.63) is 23.3 Å². The second-order valence-corrected chi connectivity index (χ2v) is 5.59. The minimum absolute atomic E-state index is 0.111. The summed E-state index contributed by atoms with van der Waals surface area (Å²) < 4.78 is 26.6. The molecule has 92 valence electrons. The molecular weight excluding hydrogens is 236 g/mol. The first kappa shape index (κ1) is 13.6. The van der Waals surface area contributed by atoms with Gasteiger partial charge < -0.3 is 5.73 Å². The molecule has 1 unspecified atom stereocenters.